The number of carbonyl (C=O) groups excluding carboxylic acids is 1. The van der Waals surface area contributed by atoms with Gasteiger partial charge in [-0.05, 0) is 75.0 Å². The number of hydrogen-bond donors (Lipinski definition) is 1. The summed E-state index contributed by atoms with van der Waals surface area (Å²) in [4.78, 5) is 35.6. The van der Waals surface area contributed by atoms with Crippen LogP contribution >= 0.6 is 11.6 Å². The number of amides is 1. The van der Waals surface area contributed by atoms with Gasteiger partial charge in [0, 0.05) is 62.4 Å². The number of hydrogen-bond acceptors (Lipinski definition) is 8. The summed E-state index contributed by atoms with van der Waals surface area (Å²) in [5.41, 5.74) is 1.30. The number of nitrogens with zero attached hydrogens (tertiary/aromatic N) is 7. The molecule has 0 atom stereocenters. The third kappa shape index (κ3) is 7.37. The third-order valence-electron chi connectivity index (χ3n) is 7.86. The topological polar surface area (TPSA) is 101 Å². The van der Waals surface area contributed by atoms with Gasteiger partial charge in [-0.2, -0.15) is 18.2 Å². The van der Waals surface area contributed by atoms with Gasteiger partial charge in [-0.1, -0.05) is 11.6 Å². The molecular weight excluding hydrogens is 633 g/mol. The summed E-state index contributed by atoms with van der Waals surface area (Å²) in [7, 11) is 2.01. The van der Waals surface area contributed by atoms with Crippen LogP contribution in [-0.2, 0) is 12.7 Å². The van der Waals surface area contributed by atoms with E-state index in [-0.39, 0.29) is 33.9 Å². The molecule has 3 aromatic heterocycles. The molecule has 4 heterocycles. The molecule has 2 aromatic carbocycles. The van der Waals surface area contributed by atoms with E-state index in [0.29, 0.717) is 34.7 Å². The molecule has 0 aliphatic carbocycles. The highest BCUT2D eigenvalue weighted by atomic mass is 35.5. The normalized spacial score (nSPS) is 14.6. The van der Waals surface area contributed by atoms with Crippen molar-refractivity contribution < 1.29 is 22.7 Å². The maximum atomic E-state index is 13.9. The Morgan fingerprint density at radius 2 is 1.77 bits per heavy atom. The van der Waals surface area contributed by atoms with Gasteiger partial charge in [0.25, 0.3) is 11.8 Å². The first-order valence-corrected chi connectivity index (χ1v) is 15.4. The number of fused-ring (bicyclic) bond motifs is 1. The van der Waals surface area contributed by atoms with Crippen molar-refractivity contribution in [2.24, 2.45) is 0 Å². The van der Waals surface area contributed by atoms with Crippen LogP contribution in [0.1, 0.15) is 41.4 Å². The average molecular weight is 665 g/mol. The zero-order valence-corrected chi connectivity index (χ0v) is 26.7. The lowest BCUT2D eigenvalue weighted by molar-refractivity contribution is -0.137. The highest BCUT2D eigenvalue weighted by Gasteiger charge is 2.32. The largest absolute Gasteiger partial charge is 0.437 e. The number of ether oxygens (including phenoxy) is 1. The molecule has 0 bridgehead atoms. The third-order valence-corrected chi connectivity index (χ3v) is 8.19. The standard InChI is InChI=1S/C33H32ClF3N8O2/c1-20(2)45-19-39-28-30(45)41-29(22-6-8-38-9-7-22)42-32(28)47-25-4-5-27(34)26(17-25)31(46)40-24-15-21(14-23(16-24)33(35,36)37)18-44-12-10-43(3)11-13-44/h4-9,14-17,19-20H,10-13,18H2,1-3H3,(H,40,46). The van der Waals surface area contributed by atoms with Gasteiger partial charge in [0.15, 0.2) is 17.0 Å². The van der Waals surface area contributed by atoms with Gasteiger partial charge in [-0.3, -0.25) is 14.7 Å². The Kier molecular flexibility index (Phi) is 9.13. The van der Waals surface area contributed by atoms with E-state index in [1.807, 2.05) is 25.5 Å². The summed E-state index contributed by atoms with van der Waals surface area (Å²) in [6, 6.07) is 11.7. The van der Waals surface area contributed by atoms with E-state index in [2.05, 4.69) is 30.1 Å². The minimum Gasteiger partial charge on any atom is -0.437 e. The lowest BCUT2D eigenvalue weighted by Crippen LogP contribution is -2.43. The lowest BCUT2D eigenvalue weighted by Gasteiger charge is -2.32. The maximum Gasteiger partial charge on any atom is 0.416 e. The number of piperazine rings is 1. The van der Waals surface area contributed by atoms with Crippen LogP contribution in [0.15, 0.2) is 67.3 Å². The van der Waals surface area contributed by atoms with Gasteiger partial charge in [-0.25, -0.2) is 9.97 Å². The van der Waals surface area contributed by atoms with Crippen molar-refractivity contribution >= 4 is 34.4 Å². The van der Waals surface area contributed by atoms with Crippen LogP contribution in [0.3, 0.4) is 0 Å². The molecule has 10 nitrogen and oxygen atoms in total. The maximum absolute atomic E-state index is 13.9. The lowest BCUT2D eigenvalue weighted by atomic mass is 10.1. The van der Waals surface area contributed by atoms with E-state index in [1.54, 1.807) is 43.0 Å². The van der Waals surface area contributed by atoms with Gasteiger partial charge >= 0.3 is 6.18 Å². The number of imidazole rings is 1. The summed E-state index contributed by atoms with van der Waals surface area (Å²) in [6.07, 6.45) is 0.324. The first kappa shape index (κ1) is 32.4. The van der Waals surface area contributed by atoms with Gasteiger partial charge < -0.3 is 19.5 Å². The van der Waals surface area contributed by atoms with Crippen molar-refractivity contribution in [1.29, 1.82) is 0 Å². The van der Waals surface area contributed by atoms with Crippen LogP contribution in [0.4, 0.5) is 18.9 Å². The fraction of sp³-hybridized carbons (Fsp3) is 0.303. The van der Waals surface area contributed by atoms with Gasteiger partial charge in [0.1, 0.15) is 5.75 Å². The molecule has 244 valence electrons. The smallest absolute Gasteiger partial charge is 0.416 e. The summed E-state index contributed by atoms with van der Waals surface area (Å²) in [6.45, 7) is 7.44. The summed E-state index contributed by atoms with van der Waals surface area (Å²) >= 11 is 6.42. The van der Waals surface area contributed by atoms with Crippen molar-refractivity contribution in [3.8, 4) is 23.0 Å². The number of alkyl halides is 3. The summed E-state index contributed by atoms with van der Waals surface area (Å²) in [5.74, 6) is 0.0707. The Balaban J connectivity index is 1.29. The monoisotopic (exact) mass is 664 g/mol. The predicted molar refractivity (Wildman–Crippen MR) is 173 cm³/mol. The SMILES string of the molecule is CC(C)n1cnc2c(Oc3ccc(Cl)c(C(=O)Nc4cc(CN5CCN(C)CC5)cc(C(F)(F)F)c4)c3)nc(-c3ccncc3)nc21. The number of benzene rings is 2. The summed E-state index contributed by atoms with van der Waals surface area (Å²) in [5, 5.41) is 2.70. The molecule has 1 fully saturated rings. The molecule has 14 heteroatoms. The van der Waals surface area contributed by atoms with E-state index in [0.717, 1.165) is 38.3 Å². The molecule has 1 aliphatic rings. The fourth-order valence-corrected chi connectivity index (χ4v) is 5.51. The second-order valence-electron chi connectivity index (χ2n) is 11.7. The van der Waals surface area contributed by atoms with Gasteiger partial charge in [0.2, 0.25) is 0 Å². The van der Waals surface area contributed by atoms with E-state index < -0.39 is 17.6 Å². The van der Waals surface area contributed by atoms with Crippen LogP contribution in [-0.4, -0.2) is 73.4 Å². The molecule has 6 rings (SSSR count). The molecule has 0 radical (unpaired) electrons. The van der Waals surface area contributed by atoms with E-state index >= 15 is 0 Å². The quantitative estimate of drug-likeness (QED) is 0.191. The fourth-order valence-electron chi connectivity index (χ4n) is 5.31. The molecule has 5 aromatic rings. The van der Waals surface area contributed by atoms with Crippen molar-refractivity contribution in [3.05, 3.63) is 89.0 Å². The van der Waals surface area contributed by atoms with E-state index in [9.17, 15) is 18.0 Å². The zero-order chi connectivity index (χ0) is 33.3. The number of carbonyl (C=O) groups is 1. The van der Waals surface area contributed by atoms with Crippen LogP contribution in [0.2, 0.25) is 5.02 Å². The zero-order valence-electron chi connectivity index (χ0n) is 25.9. The highest BCUT2D eigenvalue weighted by molar-refractivity contribution is 6.34. The predicted octanol–water partition coefficient (Wildman–Crippen LogP) is 6.93. The number of likely N-dealkylation sites (N-methyl/N-ethyl adjacent to an activating group) is 1. The molecule has 1 N–H and O–H groups in total. The molecule has 1 amide bonds. The van der Waals surface area contributed by atoms with Crippen LogP contribution in [0.25, 0.3) is 22.6 Å². The summed E-state index contributed by atoms with van der Waals surface area (Å²) < 4.78 is 49.7. The van der Waals surface area contributed by atoms with Crippen LogP contribution in [0, 0.1) is 0 Å². The number of anilines is 1. The van der Waals surface area contributed by atoms with E-state index in [4.69, 9.17) is 21.3 Å². The number of halogens is 4. The number of aromatic nitrogens is 5. The van der Waals surface area contributed by atoms with Gasteiger partial charge in [0.05, 0.1) is 22.5 Å². The van der Waals surface area contributed by atoms with Crippen molar-refractivity contribution in [1.82, 2.24) is 34.3 Å². The Labute approximate surface area is 274 Å². The van der Waals surface area contributed by atoms with Crippen LogP contribution < -0.4 is 10.1 Å². The highest BCUT2D eigenvalue weighted by Crippen LogP contribution is 2.34. The van der Waals surface area contributed by atoms with Gasteiger partial charge in [-0.15, -0.1) is 0 Å². The minimum atomic E-state index is -4.59. The first-order valence-electron chi connectivity index (χ1n) is 15.0. The Morgan fingerprint density at radius 1 is 1.02 bits per heavy atom. The number of rotatable bonds is 8. The molecule has 0 unspecified atom stereocenters. The average Bonchev–Trinajstić information content (AvgIpc) is 3.48. The molecule has 47 heavy (non-hydrogen) atoms. The Bertz CT molecular complexity index is 1910. The van der Waals surface area contributed by atoms with E-state index in [1.165, 1.54) is 12.1 Å². The van der Waals surface area contributed by atoms with Crippen molar-refractivity contribution in [3.63, 3.8) is 0 Å². The second-order valence-corrected chi connectivity index (χ2v) is 12.1. The Hall–Kier alpha value is -4.59. The molecule has 1 aliphatic heterocycles. The second kappa shape index (κ2) is 13.3. The van der Waals surface area contributed by atoms with Crippen LogP contribution in [0.5, 0.6) is 11.6 Å². The number of pyridine rings is 1. The van der Waals surface area contributed by atoms with Crippen molar-refractivity contribution in [2.45, 2.75) is 32.6 Å². The molecular formula is C33H32ClF3N8O2. The molecule has 1 saturated heterocycles. The first-order chi connectivity index (χ1) is 22.4. The number of nitrogens with one attached hydrogen (secondary N) is 1. The molecule has 0 saturated carbocycles. The minimum absolute atomic E-state index is 0.00885. The Morgan fingerprint density at radius 3 is 2.47 bits per heavy atom. The molecule has 0 spiro atoms. The van der Waals surface area contributed by atoms with Crippen molar-refractivity contribution in [2.75, 3.05) is 38.5 Å².